The van der Waals surface area contributed by atoms with E-state index in [0.29, 0.717) is 63.5 Å². The van der Waals surface area contributed by atoms with E-state index in [4.69, 9.17) is 9.47 Å². The molecular weight excluding hydrogens is 758 g/mol. The summed E-state index contributed by atoms with van der Waals surface area (Å²) in [4.78, 5) is 48.4. The van der Waals surface area contributed by atoms with Crippen molar-refractivity contribution in [3.63, 3.8) is 0 Å². The molecule has 57 heavy (non-hydrogen) atoms. The van der Waals surface area contributed by atoms with Crippen molar-refractivity contribution in [3.8, 4) is 0 Å². The number of aromatic nitrogens is 2. The highest BCUT2D eigenvalue weighted by Crippen LogP contribution is 2.43. The highest BCUT2D eigenvalue weighted by Gasteiger charge is 2.56. The summed E-state index contributed by atoms with van der Waals surface area (Å²) in [5, 5.41) is 2.56. The zero-order chi connectivity index (χ0) is 41.3. The summed E-state index contributed by atoms with van der Waals surface area (Å²) >= 11 is 0. The largest absolute Gasteiger partial charge is 0.466 e. The van der Waals surface area contributed by atoms with Crippen molar-refractivity contribution in [3.05, 3.63) is 77.1 Å². The van der Waals surface area contributed by atoms with Gasteiger partial charge in [-0.2, -0.15) is 13.2 Å². The second-order valence-corrected chi connectivity index (χ2v) is 15.9. The maximum absolute atomic E-state index is 17.5. The molecule has 3 aromatic rings. The van der Waals surface area contributed by atoms with E-state index >= 15 is 8.78 Å². The smallest absolute Gasteiger partial charge is 0.416 e. The van der Waals surface area contributed by atoms with Gasteiger partial charge in [-0.3, -0.25) is 19.8 Å². The molecule has 1 N–H and O–H groups in total. The van der Waals surface area contributed by atoms with Crippen molar-refractivity contribution < 1.29 is 50.2 Å². The van der Waals surface area contributed by atoms with Crippen molar-refractivity contribution in [1.29, 1.82) is 0 Å². The van der Waals surface area contributed by atoms with Crippen molar-refractivity contribution >= 4 is 29.6 Å². The van der Waals surface area contributed by atoms with E-state index in [2.05, 4.69) is 10.3 Å². The van der Waals surface area contributed by atoms with E-state index in [1.807, 2.05) is 0 Å². The van der Waals surface area contributed by atoms with Crippen molar-refractivity contribution in [2.45, 2.75) is 89.3 Å². The van der Waals surface area contributed by atoms with Gasteiger partial charge >= 0.3 is 18.2 Å². The van der Waals surface area contributed by atoms with Gasteiger partial charge < -0.3 is 23.8 Å². The number of likely N-dealkylation sites (tertiary alicyclic amines) is 2. The number of alkyl halides is 4. The van der Waals surface area contributed by atoms with Gasteiger partial charge in [0.15, 0.2) is 0 Å². The SMILES string of the molecule is CCOC(=O)C1CCN(c2cc(C(F)(F)F)ccc2Cn2ccnc2NC(=O)[C@]2(F)CN(C3CCN(C(=O)OC(C)(C)C)CC3)C[C@H]2c2ccc(F)cc2F)CC1. The lowest BCUT2D eigenvalue weighted by atomic mass is 9.85. The number of esters is 1. The van der Waals surface area contributed by atoms with E-state index in [9.17, 15) is 31.9 Å². The van der Waals surface area contributed by atoms with Gasteiger partial charge in [0.1, 0.15) is 17.2 Å². The highest BCUT2D eigenvalue weighted by atomic mass is 19.4. The van der Waals surface area contributed by atoms with Crippen LogP contribution < -0.4 is 10.2 Å². The van der Waals surface area contributed by atoms with Gasteiger partial charge in [0.2, 0.25) is 11.6 Å². The maximum Gasteiger partial charge on any atom is 0.416 e. The molecule has 310 valence electrons. The molecule has 2 amide bonds. The molecule has 0 saturated carbocycles. The molecule has 11 nitrogen and oxygen atoms in total. The van der Waals surface area contributed by atoms with Gasteiger partial charge in [-0.15, -0.1) is 0 Å². The summed E-state index contributed by atoms with van der Waals surface area (Å²) in [6.45, 7) is 7.91. The minimum Gasteiger partial charge on any atom is -0.466 e. The molecular formula is C40H48F6N6O5. The second-order valence-electron chi connectivity index (χ2n) is 15.9. The van der Waals surface area contributed by atoms with E-state index in [1.165, 1.54) is 23.0 Å². The Kier molecular flexibility index (Phi) is 12.2. The molecule has 17 heteroatoms. The molecule has 6 rings (SSSR count). The van der Waals surface area contributed by atoms with Gasteiger partial charge in [0.05, 0.1) is 24.6 Å². The third-order valence-electron chi connectivity index (χ3n) is 10.9. The third kappa shape index (κ3) is 9.50. The Labute approximate surface area is 327 Å². The van der Waals surface area contributed by atoms with Crippen LogP contribution in [0.5, 0.6) is 0 Å². The lowest BCUT2D eigenvalue weighted by Crippen LogP contribution is -2.49. The number of carbonyl (C=O) groups is 3. The van der Waals surface area contributed by atoms with Crippen LogP contribution in [-0.4, -0.2) is 101 Å². The van der Waals surface area contributed by atoms with E-state index in [-0.39, 0.29) is 54.8 Å². The lowest BCUT2D eigenvalue weighted by Gasteiger charge is -2.37. The number of nitrogens with zero attached hydrogens (tertiary/aromatic N) is 5. The van der Waals surface area contributed by atoms with E-state index < -0.39 is 59.1 Å². The van der Waals surface area contributed by atoms with Crippen LogP contribution in [0.1, 0.15) is 76.0 Å². The number of ether oxygens (including phenoxy) is 2. The monoisotopic (exact) mass is 806 g/mol. The molecule has 2 atom stereocenters. The zero-order valence-electron chi connectivity index (χ0n) is 32.4. The molecule has 4 heterocycles. The number of nitrogens with one attached hydrogen (secondary N) is 1. The molecule has 3 aliphatic rings. The maximum atomic E-state index is 17.5. The summed E-state index contributed by atoms with van der Waals surface area (Å²) in [7, 11) is 0. The van der Waals surface area contributed by atoms with Crippen molar-refractivity contribution in [1.82, 2.24) is 19.4 Å². The molecule has 0 spiro atoms. The first kappa shape index (κ1) is 41.8. The fourth-order valence-corrected chi connectivity index (χ4v) is 7.96. The number of carbonyl (C=O) groups excluding carboxylic acids is 3. The molecule has 1 aromatic heterocycles. The first-order chi connectivity index (χ1) is 26.9. The normalized spacial score (nSPS) is 21.5. The van der Waals surface area contributed by atoms with Gasteiger partial charge in [-0.1, -0.05) is 12.1 Å². The fraction of sp³-hybridized carbons (Fsp3) is 0.550. The lowest BCUT2D eigenvalue weighted by molar-refractivity contribution is -0.148. The predicted molar refractivity (Wildman–Crippen MR) is 198 cm³/mol. The van der Waals surface area contributed by atoms with Crippen LogP contribution in [0.25, 0.3) is 0 Å². The molecule has 0 radical (unpaired) electrons. The van der Waals surface area contributed by atoms with Gasteiger partial charge in [0, 0.05) is 75.4 Å². The number of imidazole rings is 1. The number of benzene rings is 2. The van der Waals surface area contributed by atoms with Gasteiger partial charge in [0.25, 0.3) is 5.91 Å². The number of halogens is 6. The summed E-state index contributed by atoms with van der Waals surface area (Å²) in [5.41, 5.74) is -3.69. The number of hydrogen-bond donors (Lipinski definition) is 1. The molecule has 3 saturated heterocycles. The molecule has 0 aliphatic carbocycles. The summed E-state index contributed by atoms with van der Waals surface area (Å²) < 4.78 is 101. The Balaban J connectivity index is 1.22. The average Bonchev–Trinajstić information content (AvgIpc) is 3.74. The van der Waals surface area contributed by atoms with Crippen LogP contribution in [0.4, 0.5) is 42.8 Å². The Morgan fingerprint density at radius 1 is 0.965 bits per heavy atom. The van der Waals surface area contributed by atoms with Gasteiger partial charge in [-0.25, -0.2) is 22.9 Å². The van der Waals surface area contributed by atoms with Crippen LogP contribution in [0.3, 0.4) is 0 Å². The van der Waals surface area contributed by atoms with Crippen LogP contribution >= 0.6 is 0 Å². The minimum absolute atomic E-state index is 0.0570. The number of rotatable bonds is 9. The predicted octanol–water partition coefficient (Wildman–Crippen LogP) is 7.15. The third-order valence-corrected chi connectivity index (χ3v) is 10.9. The van der Waals surface area contributed by atoms with Crippen molar-refractivity contribution in [2.75, 3.05) is 56.1 Å². The zero-order valence-corrected chi connectivity index (χ0v) is 32.4. The van der Waals surface area contributed by atoms with Crippen LogP contribution in [0, 0.1) is 17.6 Å². The quantitative estimate of drug-likeness (QED) is 0.180. The topological polar surface area (TPSA) is 109 Å². The molecule has 3 aliphatic heterocycles. The summed E-state index contributed by atoms with van der Waals surface area (Å²) in [6.07, 6.45) is -0.594. The number of piperidine rings is 2. The Morgan fingerprint density at radius 2 is 1.67 bits per heavy atom. The Bertz CT molecular complexity index is 1940. The van der Waals surface area contributed by atoms with Gasteiger partial charge in [-0.05, 0) is 82.7 Å². The van der Waals surface area contributed by atoms with Crippen LogP contribution in [-0.2, 0) is 31.8 Å². The first-order valence-electron chi connectivity index (χ1n) is 19.2. The number of amides is 2. The Morgan fingerprint density at radius 3 is 2.30 bits per heavy atom. The molecule has 3 fully saturated rings. The molecule has 2 aromatic carbocycles. The second kappa shape index (κ2) is 16.6. The number of hydrogen-bond acceptors (Lipinski definition) is 8. The first-order valence-corrected chi connectivity index (χ1v) is 19.2. The van der Waals surface area contributed by atoms with Crippen LogP contribution in [0.15, 0.2) is 48.8 Å². The summed E-state index contributed by atoms with van der Waals surface area (Å²) in [6, 6.07) is 5.88. The number of anilines is 2. The summed E-state index contributed by atoms with van der Waals surface area (Å²) in [5.74, 6) is -5.13. The minimum atomic E-state index is -4.62. The standard InChI is InChI=1S/C40H48F6N6O5/c1-5-56-34(53)25-10-15-49(16-11-25)33-20-27(40(44,45)46)7-6-26(33)22-51-19-14-47-36(51)48-35(54)39(43)24-52(23-31(39)30-9-8-28(41)21-32(30)42)29-12-17-50(18-13-29)37(55)57-38(2,3)4/h6-9,14,19-21,25,29,31H,5,10-13,15-18,22-24H2,1-4H3,(H,47,48,54)/t31-,39-/m0/s1. The Hall–Kier alpha value is -4.80. The fourth-order valence-electron chi connectivity index (χ4n) is 7.96. The van der Waals surface area contributed by atoms with Crippen molar-refractivity contribution in [2.24, 2.45) is 5.92 Å². The van der Waals surface area contributed by atoms with Crippen LogP contribution in [0.2, 0.25) is 0 Å². The molecule has 0 unspecified atom stereocenters. The molecule has 0 bridgehead atoms. The van der Waals surface area contributed by atoms with E-state index in [1.54, 1.807) is 42.4 Å². The highest BCUT2D eigenvalue weighted by molar-refractivity contribution is 5.97. The van der Waals surface area contributed by atoms with E-state index in [0.717, 1.165) is 24.3 Å². The average molecular weight is 807 g/mol.